The van der Waals surface area contributed by atoms with Gasteiger partial charge in [-0.05, 0) is 37.7 Å². The maximum atomic E-state index is 11.3. The number of ether oxygens (including phenoxy) is 1. The molecule has 19 heavy (non-hydrogen) atoms. The van der Waals surface area contributed by atoms with Crippen molar-refractivity contribution < 1.29 is 14.3 Å². The molecule has 1 rings (SSSR count). The summed E-state index contributed by atoms with van der Waals surface area (Å²) in [6, 6.07) is 0. The average molecular weight is 264 g/mol. The Bertz CT molecular complexity index is 425. The summed E-state index contributed by atoms with van der Waals surface area (Å²) in [7, 11) is 0. The topological polar surface area (TPSA) is 43.4 Å². The van der Waals surface area contributed by atoms with E-state index in [1.165, 1.54) is 25.0 Å². The summed E-state index contributed by atoms with van der Waals surface area (Å²) in [5.74, 6) is -0.279. The van der Waals surface area contributed by atoms with Gasteiger partial charge in [0, 0.05) is 13.3 Å². The quantitative estimate of drug-likeness (QED) is 0.660. The second-order valence-electron chi connectivity index (χ2n) is 6.14. The van der Waals surface area contributed by atoms with Crippen molar-refractivity contribution in [3.05, 3.63) is 23.3 Å². The predicted molar refractivity (Wildman–Crippen MR) is 75.7 cm³/mol. The van der Waals surface area contributed by atoms with Crippen LogP contribution in [0.4, 0.5) is 0 Å². The summed E-state index contributed by atoms with van der Waals surface area (Å²) in [6.45, 7) is 13.2. The SMILES string of the molecule is C=C(C)C1=C(C(C)(C)CC(CC(C)=O)OC(C)=O)C1. The molecule has 0 saturated heterocycles. The molecule has 0 heterocycles. The van der Waals surface area contributed by atoms with E-state index in [-0.39, 0.29) is 23.3 Å². The molecule has 0 amide bonds. The van der Waals surface area contributed by atoms with E-state index < -0.39 is 0 Å². The first-order valence-corrected chi connectivity index (χ1v) is 6.68. The van der Waals surface area contributed by atoms with Crippen LogP contribution in [0.15, 0.2) is 23.3 Å². The number of Topliss-reactive ketones (excluding diaryl/α,β-unsaturated/α-hetero) is 1. The van der Waals surface area contributed by atoms with Crippen molar-refractivity contribution in [3.8, 4) is 0 Å². The Morgan fingerprint density at radius 1 is 1.32 bits per heavy atom. The molecule has 1 atom stereocenters. The zero-order valence-electron chi connectivity index (χ0n) is 12.6. The molecular weight excluding hydrogens is 240 g/mol. The fraction of sp³-hybridized carbons (Fsp3) is 0.625. The lowest BCUT2D eigenvalue weighted by Gasteiger charge is -2.27. The van der Waals surface area contributed by atoms with Crippen LogP contribution in [0.3, 0.4) is 0 Å². The Labute approximate surface area is 115 Å². The van der Waals surface area contributed by atoms with E-state index in [1.807, 2.05) is 6.92 Å². The van der Waals surface area contributed by atoms with Crippen LogP contribution < -0.4 is 0 Å². The first kappa shape index (κ1) is 15.7. The van der Waals surface area contributed by atoms with Gasteiger partial charge in [-0.1, -0.05) is 31.6 Å². The molecule has 3 heteroatoms. The van der Waals surface area contributed by atoms with Gasteiger partial charge in [0.1, 0.15) is 11.9 Å². The van der Waals surface area contributed by atoms with Crippen molar-refractivity contribution in [1.82, 2.24) is 0 Å². The highest BCUT2D eigenvalue weighted by Crippen LogP contribution is 2.50. The normalized spacial score (nSPS) is 16.1. The van der Waals surface area contributed by atoms with Crippen LogP contribution in [-0.4, -0.2) is 17.9 Å². The number of rotatable bonds is 7. The predicted octanol–water partition coefficient (Wildman–Crippen LogP) is 3.59. The maximum absolute atomic E-state index is 11.3. The average Bonchev–Trinajstić information content (AvgIpc) is 2.92. The van der Waals surface area contributed by atoms with Gasteiger partial charge in [-0.25, -0.2) is 0 Å². The largest absolute Gasteiger partial charge is 0.462 e. The van der Waals surface area contributed by atoms with Crippen LogP contribution >= 0.6 is 0 Å². The van der Waals surface area contributed by atoms with Gasteiger partial charge in [-0.2, -0.15) is 0 Å². The zero-order valence-corrected chi connectivity index (χ0v) is 12.6. The third-order valence-electron chi connectivity index (χ3n) is 3.51. The summed E-state index contributed by atoms with van der Waals surface area (Å²) in [5, 5.41) is 0. The van der Waals surface area contributed by atoms with Crippen molar-refractivity contribution >= 4 is 11.8 Å². The zero-order chi connectivity index (χ0) is 14.8. The molecule has 0 radical (unpaired) electrons. The van der Waals surface area contributed by atoms with Crippen LogP contribution in [0.2, 0.25) is 0 Å². The summed E-state index contributed by atoms with van der Waals surface area (Å²) < 4.78 is 5.27. The van der Waals surface area contributed by atoms with Gasteiger partial charge >= 0.3 is 5.97 Å². The number of carbonyl (C=O) groups is 2. The molecule has 0 aromatic rings. The van der Waals surface area contributed by atoms with Crippen LogP contribution in [0, 0.1) is 5.41 Å². The Morgan fingerprint density at radius 3 is 2.26 bits per heavy atom. The van der Waals surface area contributed by atoms with E-state index in [9.17, 15) is 9.59 Å². The third kappa shape index (κ3) is 4.66. The highest BCUT2D eigenvalue weighted by molar-refractivity contribution is 5.76. The number of hydrogen-bond donors (Lipinski definition) is 0. The molecule has 0 spiro atoms. The minimum absolute atomic E-state index is 0.0481. The first-order chi connectivity index (χ1) is 8.63. The Hall–Kier alpha value is -1.38. The third-order valence-corrected chi connectivity index (χ3v) is 3.51. The second-order valence-corrected chi connectivity index (χ2v) is 6.14. The van der Waals surface area contributed by atoms with Crippen LogP contribution in [0.25, 0.3) is 0 Å². The first-order valence-electron chi connectivity index (χ1n) is 6.68. The minimum Gasteiger partial charge on any atom is -0.462 e. The molecule has 0 bridgehead atoms. The van der Waals surface area contributed by atoms with Crippen molar-refractivity contribution in [2.24, 2.45) is 5.41 Å². The lowest BCUT2D eigenvalue weighted by Crippen LogP contribution is -2.26. The lowest BCUT2D eigenvalue weighted by molar-refractivity contribution is -0.148. The number of carbonyl (C=O) groups excluding carboxylic acids is 2. The maximum Gasteiger partial charge on any atom is 0.302 e. The Balaban J connectivity index is 2.75. The van der Waals surface area contributed by atoms with Crippen LogP contribution in [0.5, 0.6) is 0 Å². The van der Waals surface area contributed by atoms with E-state index in [1.54, 1.807) is 0 Å². The second kappa shape index (κ2) is 5.72. The monoisotopic (exact) mass is 264 g/mol. The highest BCUT2D eigenvalue weighted by atomic mass is 16.5. The van der Waals surface area contributed by atoms with Crippen molar-refractivity contribution in [2.45, 2.75) is 60.0 Å². The van der Waals surface area contributed by atoms with Gasteiger partial charge in [0.2, 0.25) is 0 Å². The molecule has 0 aromatic heterocycles. The molecule has 0 saturated carbocycles. The van der Waals surface area contributed by atoms with Gasteiger partial charge in [0.05, 0.1) is 0 Å². The fourth-order valence-corrected chi connectivity index (χ4v) is 2.59. The summed E-state index contributed by atoms with van der Waals surface area (Å²) in [5.41, 5.74) is 3.76. The van der Waals surface area contributed by atoms with Gasteiger partial charge < -0.3 is 4.74 Å². The number of hydrogen-bond acceptors (Lipinski definition) is 3. The van der Waals surface area contributed by atoms with Gasteiger partial charge in [-0.3, -0.25) is 9.59 Å². The molecule has 0 N–H and O–H groups in total. The van der Waals surface area contributed by atoms with Gasteiger partial charge in [0.15, 0.2) is 0 Å². The van der Waals surface area contributed by atoms with Crippen LogP contribution in [0.1, 0.15) is 53.9 Å². The van der Waals surface area contributed by atoms with E-state index >= 15 is 0 Å². The molecular formula is C16H24O3. The Kier molecular flexibility index (Phi) is 4.72. The summed E-state index contributed by atoms with van der Waals surface area (Å²) in [6.07, 6.45) is 1.64. The molecule has 1 aliphatic rings. The summed E-state index contributed by atoms with van der Waals surface area (Å²) in [4.78, 5) is 22.4. The van der Waals surface area contributed by atoms with Crippen molar-refractivity contribution in [1.29, 1.82) is 0 Å². The number of esters is 1. The number of ketones is 1. The molecule has 1 aliphatic carbocycles. The van der Waals surface area contributed by atoms with Gasteiger partial charge in [-0.15, -0.1) is 0 Å². The van der Waals surface area contributed by atoms with E-state index in [0.717, 1.165) is 12.0 Å². The molecule has 1 unspecified atom stereocenters. The lowest BCUT2D eigenvalue weighted by atomic mass is 9.82. The molecule has 0 aliphatic heterocycles. The smallest absolute Gasteiger partial charge is 0.302 e. The van der Waals surface area contributed by atoms with E-state index in [0.29, 0.717) is 12.8 Å². The Morgan fingerprint density at radius 2 is 1.89 bits per heavy atom. The van der Waals surface area contributed by atoms with E-state index in [4.69, 9.17) is 4.74 Å². The van der Waals surface area contributed by atoms with Gasteiger partial charge in [0.25, 0.3) is 0 Å². The molecule has 0 fully saturated rings. The fourth-order valence-electron chi connectivity index (χ4n) is 2.59. The standard InChI is InChI=1S/C16H24O3/c1-10(2)14-8-15(14)16(5,6)9-13(7-11(3)17)19-12(4)18/h13H,1,7-9H2,2-6H3. The van der Waals surface area contributed by atoms with Crippen molar-refractivity contribution in [3.63, 3.8) is 0 Å². The number of allylic oxidation sites excluding steroid dienone is 3. The minimum atomic E-state index is -0.329. The van der Waals surface area contributed by atoms with Crippen LogP contribution in [-0.2, 0) is 14.3 Å². The molecule has 106 valence electrons. The van der Waals surface area contributed by atoms with E-state index in [2.05, 4.69) is 20.4 Å². The summed E-state index contributed by atoms with van der Waals surface area (Å²) >= 11 is 0. The van der Waals surface area contributed by atoms with Crippen molar-refractivity contribution in [2.75, 3.05) is 0 Å². The molecule has 0 aromatic carbocycles. The highest BCUT2D eigenvalue weighted by Gasteiger charge is 2.37. The molecule has 3 nitrogen and oxygen atoms in total.